The number of hydrogen-bond acceptors (Lipinski definition) is 7. The Balaban J connectivity index is 1.53. The fraction of sp³-hybridized carbons (Fsp3) is 0.0909. The smallest absolute Gasteiger partial charge is 0.343 e. The van der Waals surface area contributed by atoms with Crippen LogP contribution < -0.4 is 19.6 Å². The number of ether oxygens (including phenoxy) is 3. The van der Waals surface area contributed by atoms with Gasteiger partial charge in [0.05, 0.1) is 21.8 Å². The Labute approximate surface area is 199 Å². The highest BCUT2D eigenvalue weighted by Crippen LogP contribution is 2.35. The highest BCUT2D eigenvalue weighted by atomic mass is 79.9. The fourth-order valence-electron chi connectivity index (χ4n) is 2.79. The molecule has 0 radical (unpaired) electrons. The maximum Gasteiger partial charge on any atom is 0.343 e. The van der Waals surface area contributed by atoms with Crippen LogP contribution in [0.15, 0.2) is 62.7 Å². The van der Waals surface area contributed by atoms with Crippen molar-refractivity contribution >= 4 is 50.0 Å². The number of esters is 1. The van der Waals surface area contributed by atoms with Gasteiger partial charge in [-0.3, -0.25) is 9.78 Å². The zero-order chi connectivity index (χ0) is 22.7. The van der Waals surface area contributed by atoms with E-state index in [1.54, 1.807) is 42.5 Å². The van der Waals surface area contributed by atoms with Crippen LogP contribution in [-0.2, 0) is 0 Å². The molecule has 2 heterocycles. The third-order valence-electron chi connectivity index (χ3n) is 4.38. The molecule has 0 saturated carbocycles. The van der Waals surface area contributed by atoms with Crippen molar-refractivity contribution in [1.29, 1.82) is 0 Å². The first-order valence-corrected chi connectivity index (χ1v) is 10.9. The number of nitrogens with one attached hydrogen (secondary N) is 1. The van der Waals surface area contributed by atoms with Gasteiger partial charge in [0.25, 0.3) is 5.91 Å². The minimum atomic E-state index is -0.587. The standard InChI is InChI=1S/C22H15Br2N3O5/c1-12-2-3-14(9-25-12)21(28)27-26-10-15-6-16(23)8-17(24)20(15)32-22(29)13-4-5-18-19(7-13)31-11-30-18/h2-10H,11H2,1H3,(H,27,28)/b26-10-. The van der Waals surface area contributed by atoms with Crippen molar-refractivity contribution in [2.75, 3.05) is 6.79 Å². The summed E-state index contributed by atoms with van der Waals surface area (Å²) in [4.78, 5) is 29.0. The number of amides is 1. The maximum atomic E-state index is 12.7. The van der Waals surface area contributed by atoms with Gasteiger partial charge in [-0.15, -0.1) is 0 Å². The number of hydrazone groups is 1. The van der Waals surface area contributed by atoms with E-state index in [9.17, 15) is 9.59 Å². The third kappa shape index (κ3) is 4.97. The molecule has 3 aromatic rings. The molecule has 10 heteroatoms. The SMILES string of the molecule is Cc1ccc(C(=O)N/N=C\c2cc(Br)cc(Br)c2OC(=O)c2ccc3c(c2)OCO3)cn1. The number of nitrogens with zero attached hydrogens (tertiary/aromatic N) is 2. The lowest BCUT2D eigenvalue weighted by molar-refractivity contribution is 0.0732. The molecule has 0 spiro atoms. The highest BCUT2D eigenvalue weighted by Gasteiger charge is 2.19. The number of carbonyl (C=O) groups is 2. The molecule has 0 saturated heterocycles. The summed E-state index contributed by atoms with van der Waals surface area (Å²) < 4.78 is 17.4. The molecule has 1 aromatic heterocycles. The first kappa shape index (κ1) is 22.0. The summed E-state index contributed by atoms with van der Waals surface area (Å²) in [6.07, 6.45) is 2.85. The molecule has 2 aromatic carbocycles. The van der Waals surface area contributed by atoms with E-state index in [0.717, 1.165) is 10.2 Å². The molecular weight excluding hydrogens is 546 g/mol. The van der Waals surface area contributed by atoms with E-state index in [0.29, 0.717) is 32.7 Å². The molecule has 1 amide bonds. The molecule has 0 atom stereocenters. The van der Waals surface area contributed by atoms with E-state index in [2.05, 4.69) is 47.4 Å². The highest BCUT2D eigenvalue weighted by molar-refractivity contribution is 9.11. The molecule has 0 aliphatic carbocycles. The second-order valence-corrected chi connectivity index (χ2v) is 8.42. The normalized spacial score (nSPS) is 12.1. The lowest BCUT2D eigenvalue weighted by Crippen LogP contribution is -2.18. The van der Waals surface area contributed by atoms with Gasteiger partial charge in [-0.2, -0.15) is 5.10 Å². The van der Waals surface area contributed by atoms with Crippen molar-refractivity contribution in [3.63, 3.8) is 0 Å². The molecule has 8 nitrogen and oxygen atoms in total. The fourth-order valence-corrected chi connectivity index (χ4v) is 4.13. The van der Waals surface area contributed by atoms with Gasteiger partial charge in [-0.25, -0.2) is 10.2 Å². The van der Waals surface area contributed by atoms with Gasteiger partial charge < -0.3 is 14.2 Å². The van der Waals surface area contributed by atoms with E-state index in [1.807, 2.05) is 6.92 Å². The number of fused-ring (bicyclic) bond motifs is 1. The van der Waals surface area contributed by atoms with E-state index in [4.69, 9.17) is 14.2 Å². The second kappa shape index (κ2) is 9.49. The van der Waals surface area contributed by atoms with Gasteiger partial charge in [0, 0.05) is 21.9 Å². The zero-order valence-electron chi connectivity index (χ0n) is 16.6. The van der Waals surface area contributed by atoms with E-state index < -0.39 is 11.9 Å². The van der Waals surface area contributed by atoms with Crippen LogP contribution in [0.1, 0.15) is 32.0 Å². The Hall–Kier alpha value is -3.24. The molecule has 1 aliphatic heterocycles. The molecule has 32 heavy (non-hydrogen) atoms. The van der Waals surface area contributed by atoms with Crippen molar-refractivity contribution in [2.24, 2.45) is 5.10 Å². The number of carbonyl (C=O) groups excluding carboxylic acids is 2. The second-order valence-electron chi connectivity index (χ2n) is 6.65. The average molecular weight is 561 g/mol. The van der Waals surface area contributed by atoms with Gasteiger partial charge in [-0.1, -0.05) is 15.9 Å². The summed E-state index contributed by atoms with van der Waals surface area (Å²) >= 11 is 6.80. The summed E-state index contributed by atoms with van der Waals surface area (Å²) in [7, 11) is 0. The van der Waals surface area contributed by atoms with Crippen LogP contribution in [0.2, 0.25) is 0 Å². The number of aryl methyl sites for hydroxylation is 1. The van der Waals surface area contributed by atoms with Gasteiger partial charge in [0.1, 0.15) is 0 Å². The minimum absolute atomic E-state index is 0.108. The topological polar surface area (TPSA) is 99.1 Å². The molecule has 0 fully saturated rings. The molecular formula is C22H15Br2N3O5. The van der Waals surface area contributed by atoms with Crippen LogP contribution in [0, 0.1) is 6.92 Å². The van der Waals surface area contributed by atoms with Crippen molar-refractivity contribution < 1.29 is 23.8 Å². The average Bonchev–Trinajstić information content (AvgIpc) is 3.24. The molecule has 0 unspecified atom stereocenters. The Morgan fingerprint density at radius 1 is 1.09 bits per heavy atom. The van der Waals surface area contributed by atoms with Gasteiger partial charge in [0.2, 0.25) is 6.79 Å². The molecule has 4 rings (SSSR count). The Bertz CT molecular complexity index is 1230. The molecule has 1 N–H and O–H groups in total. The molecule has 162 valence electrons. The summed E-state index contributed by atoms with van der Waals surface area (Å²) in [6, 6.07) is 11.6. The van der Waals surface area contributed by atoms with E-state index >= 15 is 0 Å². The number of pyridine rings is 1. The zero-order valence-corrected chi connectivity index (χ0v) is 19.8. The van der Waals surface area contributed by atoms with Gasteiger partial charge in [0.15, 0.2) is 17.2 Å². The number of benzene rings is 2. The number of rotatable bonds is 5. The van der Waals surface area contributed by atoms with Crippen LogP contribution in [-0.4, -0.2) is 29.9 Å². The monoisotopic (exact) mass is 559 g/mol. The van der Waals surface area contributed by atoms with Gasteiger partial charge in [-0.05, 0) is 65.3 Å². The van der Waals surface area contributed by atoms with Crippen LogP contribution in [0.4, 0.5) is 0 Å². The Morgan fingerprint density at radius 2 is 1.88 bits per heavy atom. The summed E-state index contributed by atoms with van der Waals surface area (Å²) in [6.45, 7) is 1.94. The van der Waals surface area contributed by atoms with Crippen molar-refractivity contribution in [3.8, 4) is 17.2 Å². The van der Waals surface area contributed by atoms with E-state index in [1.165, 1.54) is 12.4 Å². The van der Waals surface area contributed by atoms with Crippen LogP contribution in [0.3, 0.4) is 0 Å². The quantitative estimate of drug-likeness (QED) is 0.211. The van der Waals surface area contributed by atoms with Crippen molar-refractivity contribution in [1.82, 2.24) is 10.4 Å². The largest absolute Gasteiger partial charge is 0.454 e. The van der Waals surface area contributed by atoms with Crippen LogP contribution in [0.25, 0.3) is 0 Å². The van der Waals surface area contributed by atoms with Crippen molar-refractivity contribution in [3.05, 3.63) is 80.0 Å². The lowest BCUT2D eigenvalue weighted by Gasteiger charge is -2.11. The van der Waals surface area contributed by atoms with Crippen LogP contribution >= 0.6 is 31.9 Å². The predicted molar refractivity (Wildman–Crippen MR) is 123 cm³/mol. The summed E-state index contributed by atoms with van der Waals surface area (Å²) in [5.74, 6) is 0.284. The summed E-state index contributed by atoms with van der Waals surface area (Å²) in [5.41, 5.74) is 4.37. The number of halogens is 2. The number of aromatic nitrogens is 1. The lowest BCUT2D eigenvalue weighted by atomic mass is 10.2. The molecule has 0 bridgehead atoms. The minimum Gasteiger partial charge on any atom is -0.454 e. The van der Waals surface area contributed by atoms with Crippen LogP contribution in [0.5, 0.6) is 17.2 Å². The molecule has 1 aliphatic rings. The first-order chi connectivity index (χ1) is 15.4. The first-order valence-electron chi connectivity index (χ1n) is 9.27. The van der Waals surface area contributed by atoms with E-state index in [-0.39, 0.29) is 12.5 Å². The third-order valence-corrected chi connectivity index (χ3v) is 5.43. The van der Waals surface area contributed by atoms with Crippen molar-refractivity contribution in [2.45, 2.75) is 6.92 Å². The predicted octanol–water partition coefficient (Wildman–Crippen LogP) is 4.63. The van der Waals surface area contributed by atoms with Gasteiger partial charge >= 0.3 is 5.97 Å². The Kier molecular flexibility index (Phi) is 6.52. The Morgan fingerprint density at radius 3 is 2.66 bits per heavy atom. The number of hydrogen-bond donors (Lipinski definition) is 1. The maximum absolute atomic E-state index is 12.7. The summed E-state index contributed by atoms with van der Waals surface area (Å²) in [5, 5.41) is 3.99.